The second-order valence-electron chi connectivity index (χ2n) is 7.06. The predicted molar refractivity (Wildman–Crippen MR) is 77.5 cm³/mol. The number of likely N-dealkylation sites (tertiary alicyclic amines) is 1. The molecule has 0 aromatic heterocycles. The van der Waals surface area contributed by atoms with Crippen molar-refractivity contribution in [3.05, 3.63) is 0 Å². The minimum atomic E-state index is -0.479. The second-order valence-corrected chi connectivity index (χ2v) is 7.06. The second kappa shape index (κ2) is 6.15. The van der Waals surface area contributed by atoms with Crippen molar-refractivity contribution in [1.29, 1.82) is 0 Å². The van der Waals surface area contributed by atoms with Crippen LogP contribution < -0.4 is 0 Å². The number of rotatable bonds is 1. The third-order valence-electron chi connectivity index (χ3n) is 4.24. The van der Waals surface area contributed by atoms with Crippen LogP contribution in [0.25, 0.3) is 0 Å². The Morgan fingerprint density at radius 3 is 2.50 bits per heavy atom. The fourth-order valence-electron chi connectivity index (χ4n) is 3.35. The number of carbonyl (C=O) groups excluding carboxylic acids is 2. The van der Waals surface area contributed by atoms with Crippen molar-refractivity contribution in [3.8, 4) is 0 Å². The van der Waals surface area contributed by atoms with Crippen molar-refractivity contribution >= 4 is 11.9 Å². The number of carbonyl (C=O) groups is 2. The van der Waals surface area contributed by atoms with Crippen LogP contribution in [0.3, 0.4) is 0 Å². The molecule has 114 valence electrons. The fourth-order valence-corrected chi connectivity index (χ4v) is 3.35. The van der Waals surface area contributed by atoms with Gasteiger partial charge in [0.2, 0.25) is 0 Å². The monoisotopic (exact) mass is 281 g/mol. The SMILES string of the molecule is CC(C)(C)OC(=O)N1CCCCC[C@@H]1[C@H]1CCCC1=O. The van der Waals surface area contributed by atoms with Gasteiger partial charge in [-0.05, 0) is 46.5 Å². The molecule has 0 aromatic rings. The number of ketones is 1. The first-order valence-electron chi connectivity index (χ1n) is 7.91. The maximum absolute atomic E-state index is 12.4. The van der Waals surface area contributed by atoms with E-state index in [1.165, 1.54) is 0 Å². The van der Waals surface area contributed by atoms with Gasteiger partial charge in [-0.1, -0.05) is 12.8 Å². The van der Waals surface area contributed by atoms with E-state index in [2.05, 4.69) is 0 Å². The number of nitrogens with zero attached hydrogens (tertiary/aromatic N) is 1. The lowest BCUT2D eigenvalue weighted by atomic mass is 9.92. The first-order chi connectivity index (χ1) is 9.38. The molecule has 0 spiro atoms. The fraction of sp³-hybridized carbons (Fsp3) is 0.875. The zero-order valence-electron chi connectivity index (χ0n) is 13.0. The molecular weight excluding hydrogens is 254 g/mol. The minimum Gasteiger partial charge on any atom is -0.444 e. The Bertz CT molecular complexity index is 372. The van der Waals surface area contributed by atoms with E-state index >= 15 is 0 Å². The molecule has 2 fully saturated rings. The summed E-state index contributed by atoms with van der Waals surface area (Å²) < 4.78 is 5.53. The highest BCUT2D eigenvalue weighted by atomic mass is 16.6. The lowest BCUT2D eigenvalue weighted by Crippen LogP contribution is -2.47. The molecule has 0 unspecified atom stereocenters. The van der Waals surface area contributed by atoms with E-state index in [0.29, 0.717) is 12.2 Å². The average Bonchev–Trinajstić information content (AvgIpc) is 2.62. The molecule has 1 amide bonds. The topological polar surface area (TPSA) is 46.6 Å². The van der Waals surface area contributed by atoms with Gasteiger partial charge in [0.15, 0.2) is 0 Å². The van der Waals surface area contributed by atoms with Gasteiger partial charge in [-0.3, -0.25) is 4.79 Å². The quantitative estimate of drug-likeness (QED) is 0.738. The number of hydrogen-bond donors (Lipinski definition) is 0. The van der Waals surface area contributed by atoms with E-state index in [1.54, 1.807) is 0 Å². The standard InChI is InChI=1S/C16H27NO3/c1-16(2,3)20-15(19)17-11-6-4-5-9-13(17)12-8-7-10-14(12)18/h12-13H,4-11H2,1-3H3/t12-,13-/m1/s1. The molecule has 2 rings (SSSR count). The number of amides is 1. The Balaban J connectivity index is 2.12. The summed E-state index contributed by atoms with van der Waals surface area (Å²) in [6.07, 6.45) is 6.54. The summed E-state index contributed by atoms with van der Waals surface area (Å²) in [6, 6.07) is 0.0577. The Labute approximate surface area is 121 Å². The highest BCUT2D eigenvalue weighted by Gasteiger charge is 2.39. The van der Waals surface area contributed by atoms with Crippen LogP contribution in [0, 0.1) is 5.92 Å². The maximum atomic E-state index is 12.4. The summed E-state index contributed by atoms with van der Waals surface area (Å²) in [5, 5.41) is 0. The molecule has 1 heterocycles. The number of Topliss-reactive ketones (excluding diaryl/α,β-unsaturated/α-hetero) is 1. The van der Waals surface area contributed by atoms with E-state index in [1.807, 2.05) is 25.7 Å². The van der Waals surface area contributed by atoms with Crippen LogP contribution in [-0.4, -0.2) is 35.0 Å². The zero-order valence-corrected chi connectivity index (χ0v) is 13.0. The Hall–Kier alpha value is -1.06. The van der Waals surface area contributed by atoms with E-state index in [9.17, 15) is 9.59 Å². The van der Waals surface area contributed by atoms with Crippen molar-refractivity contribution in [1.82, 2.24) is 4.90 Å². The molecule has 0 aromatic carbocycles. The van der Waals surface area contributed by atoms with Gasteiger partial charge in [0.25, 0.3) is 0 Å². The molecule has 1 saturated carbocycles. The molecule has 0 bridgehead atoms. The number of ether oxygens (including phenoxy) is 1. The van der Waals surface area contributed by atoms with Crippen LogP contribution in [0.15, 0.2) is 0 Å². The van der Waals surface area contributed by atoms with Gasteiger partial charge in [-0.2, -0.15) is 0 Å². The van der Waals surface area contributed by atoms with Gasteiger partial charge in [-0.15, -0.1) is 0 Å². The van der Waals surface area contributed by atoms with E-state index in [4.69, 9.17) is 4.74 Å². The van der Waals surface area contributed by atoms with Crippen molar-refractivity contribution < 1.29 is 14.3 Å². The van der Waals surface area contributed by atoms with Crippen LogP contribution in [0.4, 0.5) is 4.79 Å². The summed E-state index contributed by atoms with van der Waals surface area (Å²) >= 11 is 0. The molecule has 1 aliphatic carbocycles. The lowest BCUT2D eigenvalue weighted by Gasteiger charge is -2.35. The van der Waals surface area contributed by atoms with Crippen LogP contribution in [0.5, 0.6) is 0 Å². The van der Waals surface area contributed by atoms with Crippen LogP contribution >= 0.6 is 0 Å². The van der Waals surface area contributed by atoms with Crippen LogP contribution in [-0.2, 0) is 9.53 Å². The highest BCUT2D eigenvalue weighted by molar-refractivity contribution is 5.84. The van der Waals surface area contributed by atoms with Crippen molar-refractivity contribution in [2.45, 2.75) is 77.4 Å². The lowest BCUT2D eigenvalue weighted by molar-refractivity contribution is -0.122. The van der Waals surface area contributed by atoms with E-state index in [-0.39, 0.29) is 18.1 Å². The smallest absolute Gasteiger partial charge is 0.410 e. The highest BCUT2D eigenvalue weighted by Crippen LogP contribution is 2.32. The van der Waals surface area contributed by atoms with Gasteiger partial charge in [0.1, 0.15) is 11.4 Å². The van der Waals surface area contributed by atoms with Gasteiger partial charge in [-0.25, -0.2) is 4.79 Å². The van der Waals surface area contributed by atoms with Crippen molar-refractivity contribution in [3.63, 3.8) is 0 Å². The summed E-state index contributed by atoms with van der Waals surface area (Å²) in [7, 11) is 0. The average molecular weight is 281 g/mol. The van der Waals surface area contributed by atoms with Crippen LogP contribution in [0.1, 0.15) is 65.7 Å². The Morgan fingerprint density at radius 1 is 1.15 bits per heavy atom. The molecule has 0 N–H and O–H groups in total. The van der Waals surface area contributed by atoms with Crippen molar-refractivity contribution in [2.24, 2.45) is 5.92 Å². The van der Waals surface area contributed by atoms with E-state index < -0.39 is 5.60 Å². The largest absolute Gasteiger partial charge is 0.444 e. The molecule has 1 aliphatic heterocycles. The molecule has 2 atom stereocenters. The molecule has 4 nitrogen and oxygen atoms in total. The molecule has 0 radical (unpaired) electrons. The molecule has 4 heteroatoms. The normalized spacial score (nSPS) is 28.4. The summed E-state index contributed by atoms with van der Waals surface area (Å²) in [4.78, 5) is 26.3. The minimum absolute atomic E-state index is 0.0422. The van der Waals surface area contributed by atoms with Gasteiger partial charge in [0, 0.05) is 24.9 Å². The van der Waals surface area contributed by atoms with E-state index in [0.717, 1.165) is 45.1 Å². The third kappa shape index (κ3) is 3.74. The predicted octanol–water partition coefficient (Wildman–Crippen LogP) is 3.54. The maximum Gasteiger partial charge on any atom is 0.410 e. The van der Waals surface area contributed by atoms with Gasteiger partial charge < -0.3 is 9.64 Å². The number of hydrogen-bond acceptors (Lipinski definition) is 3. The summed E-state index contributed by atoms with van der Waals surface area (Å²) in [5.74, 6) is 0.381. The summed E-state index contributed by atoms with van der Waals surface area (Å²) in [5.41, 5.74) is -0.479. The van der Waals surface area contributed by atoms with Gasteiger partial charge in [0.05, 0.1) is 0 Å². The molecular formula is C16H27NO3. The Morgan fingerprint density at radius 2 is 1.90 bits per heavy atom. The first-order valence-corrected chi connectivity index (χ1v) is 7.91. The third-order valence-corrected chi connectivity index (χ3v) is 4.24. The molecule has 1 saturated heterocycles. The van der Waals surface area contributed by atoms with Gasteiger partial charge >= 0.3 is 6.09 Å². The molecule has 2 aliphatic rings. The Kier molecular flexibility index (Phi) is 4.71. The van der Waals surface area contributed by atoms with Crippen LogP contribution in [0.2, 0.25) is 0 Å². The molecule has 20 heavy (non-hydrogen) atoms. The zero-order chi connectivity index (χ0) is 14.8. The van der Waals surface area contributed by atoms with Crippen molar-refractivity contribution in [2.75, 3.05) is 6.54 Å². The summed E-state index contributed by atoms with van der Waals surface area (Å²) in [6.45, 7) is 6.39. The first kappa shape index (κ1) is 15.3.